The van der Waals surface area contributed by atoms with Crippen molar-refractivity contribution < 1.29 is 23.9 Å². The van der Waals surface area contributed by atoms with Crippen LogP contribution in [0.5, 0.6) is 0 Å². The molecule has 0 unspecified atom stereocenters. The zero-order valence-electron chi connectivity index (χ0n) is 14.9. The summed E-state index contributed by atoms with van der Waals surface area (Å²) in [5, 5.41) is 0. The number of hydrogen-bond acceptors (Lipinski definition) is 5. The van der Waals surface area contributed by atoms with Crippen molar-refractivity contribution in [2.24, 2.45) is 0 Å². The molecule has 0 radical (unpaired) electrons. The molecule has 0 aliphatic carbocycles. The molecule has 1 heterocycles. The van der Waals surface area contributed by atoms with E-state index < -0.39 is 23.8 Å². The van der Waals surface area contributed by atoms with Gasteiger partial charge in [0.25, 0.3) is 11.8 Å². The average Bonchev–Trinajstić information content (AvgIpc) is 2.94. The van der Waals surface area contributed by atoms with Gasteiger partial charge in [-0.25, -0.2) is 4.79 Å². The van der Waals surface area contributed by atoms with E-state index in [2.05, 4.69) is 0 Å². The summed E-state index contributed by atoms with van der Waals surface area (Å²) in [6, 6.07) is 14.5. The summed E-state index contributed by atoms with van der Waals surface area (Å²) >= 11 is 0. The van der Waals surface area contributed by atoms with Crippen LogP contribution in [0.25, 0.3) is 0 Å². The van der Waals surface area contributed by atoms with Crippen LogP contribution < -0.4 is 0 Å². The van der Waals surface area contributed by atoms with Crippen molar-refractivity contribution in [1.29, 1.82) is 0 Å². The quantitative estimate of drug-likeness (QED) is 0.556. The van der Waals surface area contributed by atoms with E-state index in [9.17, 15) is 19.2 Å². The van der Waals surface area contributed by atoms with Crippen molar-refractivity contribution in [3.05, 3.63) is 71.3 Å². The van der Waals surface area contributed by atoms with Crippen LogP contribution in [0.2, 0.25) is 0 Å². The van der Waals surface area contributed by atoms with Crippen molar-refractivity contribution in [3.8, 4) is 0 Å². The van der Waals surface area contributed by atoms with Crippen molar-refractivity contribution in [2.45, 2.75) is 25.3 Å². The SMILES string of the molecule is COC(=O)[C@@H](CCC(=O)Cc1ccccc1)N1C(=O)c2ccccc2C1=O. The third kappa shape index (κ3) is 3.79. The summed E-state index contributed by atoms with van der Waals surface area (Å²) in [5.74, 6) is -1.87. The van der Waals surface area contributed by atoms with Gasteiger partial charge in [-0.15, -0.1) is 0 Å². The fraction of sp³-hybridized carbons (Fsp3) is 0.238. The molecular weight excluding hydrogens is 346 g/mol. The van der Waals surface area contributed by atoms with E-state index >= 15 is 0 Å². The third-order valence-electron chi connectivity index (χ3n) is 4.55. The molecule has 0 spiro atoms. The van der Waals surface area contributed by atoms with Gasteiger partial charge in [0.15, 0.2) is 0 Å². The first kappa shape index (κ1) is 18.5. The van der Waals surface area contributed by atoms with Gasteiger partial charge in [-0.3, -0.25) is 19.3 Å². The van der Waals surface area contributed by atoms with Crippen molar-refractivity contribution >= 4 is 23.6 Å². The normalized spacial score (nSPS) is 14.0. The van der Waals surface area contributed by atoms with Gasteiger partial charge in [0, 0.05) is 12.8 Å². The van der Waals surface area contributed by atoms with E-state index in [1.807, 2.05) is 30.3 Å². The third-order valence-corrected chi connectivity index (χ3v) is 4.55. The molecule has 0 aromatic heterocycles. The molecule has 0 fully saturated rings. The molecule has 27 heavy (non-hydrogen) atoms. The summed E-state index contributed by atoms with van der Waals surface area (Å²) in [7, 11) is 1.19. The van der Waals surface area contributed by atoms with E-state index in [0.29, 0.717) is 0 Å². The van der Waals surface area contributed by atoms with Crippen LogP contribution in [0.3, 0.4) is 0 Å². The molecule has 6 heteroatoms. The van der Waals surface area contributed by atoms with E-state index in [4.69, 9.17) is 4.74 Å². The molecule has 3 rings (SSSR count). The van der Waals surface area contributed by atoms with E-state index in [-0.39, 0.29) is 36.2 Å². The summed E-state index contributed by atoms with van der Waals surface area (Å²) in [6.45, 7) is 0. The summed E-state index contributed by atoms with van der Waals surface area (Å²) < 4.78 is 4.77. The highest BCUT2D eigenvalue weighted by Crippen LogP contribution is 2.26. The van der Waals surface area contributed by atoms with Crippen LogP contribution in [0.15, 0.2) is 54.6 Å². The predicted molar refractivity (Wildman–Crippen MR) is 97.1 cm³/mol. The number of esters is 1. The fourth-order valence-electron chi connectivity index (χ4n) is 3.19. The molecule has 2 aromatic carbocycles. The number of ketones is 1. The van der Waals surface area contributed by atoms with Gasteiger partial charge in [0.05, 0.1) is 18.2 Å². The molecule has 0 N–H and O–H groups in total. The lowest BCUT2D eigenvalue weighted by Gasteiger charge is -2.23. The Balaban J connectivity index is 1.74. The number of Topliss-reactive ketones (excluding diaryl/α,β-unsaturated/α-hetero) is 1. The van der Waals surface area contributed by atoms with Crippen molar-refractivity contribution in [3.63, 3.8) is 0 Å². The molecule has 1 aliphatic heterocycles. The summed E-state index contributed by atoms with van der Waals surface area (Å²) in [5.41, 5.74) is 1.39. The maximum Gasteiger partial charge on any atom is 0.329 e. The second-order valence-electron chi connectivity index (χ2n) is 6.30. The summed E-state index contributed by atoms with van der Waals surface area (Å²) in [6.07, 6.45) is 0.322. The van der Waals surface area contributed by atoms with E-state index in [1.165, 1.54) is 7.11 Å². The Morgan fingerprint density at radius 2 is 1.48 bits per heavy atom. The topological polar surface area (TPSA) is 80.8 Å². The Labute approximate surface area is 156 Å². The molecule has 2 amide bonds. The number of methoxy groups -OCH3 is 1. The molecule has 6 nitrogen and oxygen atoms in total. The maximum atomic E-state index is 12.6. The fourth-order valence-corrected chi connectivity index (χ4v) is 3.19. The highest BCUT2D eigenvalue weighted by atomic mass is 16.5. The van der Waals surface area contributed by atoms with Crippen molar-refractivity contribution in [2.75, 3.05) is 7.11 Å². The first-order valence-electron chi connectivity index (χ1n) is 8.63. The van der Waals surface area contributed by atoms with Gasteiger partial charge in [0.1, 0.15) is 11.8 Å². The molecule has 1 aliphatic rings. The number of imide groups is 1. The summed E-state index contributed by atoms with van der Waals surface area (Å²) in [4.78, 5) is 50.7. The highest BCUT2D eigenvalue weighted by molar-refractivity contribution is 6.22. The minimum absolute atomic E-state index is 0.0316. The molecule has 0 saturated heterocycles. The van der Waals surface area contributed by atoms with Gasteiger partial charge >= 0.3 is 5.97 Å². The Hall–Kier alpha value is -3.28. The highest BCUT2D eigenvalue weighted by Gasteiger charge is 2.43. The Kier molecular flexibility index (Phi) is 5.45. The van der Waals surface area contributed by atoms with Crippen LogP contribution in [0.4, 0.5) is 0 Å². The molecule has 2 aromatic rings. The van der Waals surface area contributed by atoms with Crippen LogP contribution in [0, 0.1) is 0 Å². The molecule has 0 bridgehead atoms. The van der Waals surface area contributed by atoms with Crippen LogP contribution in [0.1, 0.15) is 39.1 Å². The monoisotopic (exact) mass is 365 g/mol. The zero-order valence-corrected chi connectivity index (χ0v) is 14.9. The number of fused-ring (bicyclic) bond motifs is 1. The Morgan fingerprint density at radius 1 is 0.926 bits per heavy atom. The lowest BCUT2D eigenvalue weighted by atomic mass is 10.0. The van der Waals surface area contributed by atoms with Gasteiger partial charge in [-0.1, -0.05) is 42.5 Å². The van der Waals surface area contributed by atoms with Gasteiger partial charge in [-0.2, -0.15) is 0 Å². The number of amides is 2. The van der Waals surface area contributed by atoms with Crippen LogP contribution >= 0.6 is 0 Å². The maximum absolute atomic E-state index is 12.6. The number of nitrogens with zero attached hydrogens (tertiary/aromatic N) is 1. The number of ether oxygens (including phenoxy) is 1. The van der Waals surface area contributed by atoms with E-state index in [0.717, 1.165) is 10.5 Å². The molecule has 1 atom stereocenters. The predicted octanol–water partition coefficient (Wildman–Crippen LogP) is 2.42. The molecule has 138 valence electrons. The number of hydrogen-bond donors (Lipinski definition) is 0. The lowest BCUT2D eigenvalue weighted by Crippen LogP contribution is -2.45. The standard InChI is InChI=1S/C21H19NO5/c1-27-21(26)18(12-11-15(23)13-14-7-3-2-4-8-14)22-19(24)16-9-5-6-10-17(16)20(22)25/h2-10,18H,11-13H2,1H3/t18-/m1/s1. The van der Waals surface area contributed by atoms with Gasteiger partial charge in [-0.05, 0) is 24.1 Å². The van der Waals surface area contributed by atoms with E-state index in [1.54, 1.807) is 24.3 Å². The van der Waals surface area contributed by atoms with Crippen LogP contribution in [-0.4, -0.2) is 41.6 Å². The number of carbonyl (C=O) groups excluding carboxylic acids is 4. The van der Waals surface area contributed by atoms with Gasteiger partial charge in [0.2, 0.25) is 0 Å². The second-order valence-corrected chi connectivity index (χ2v) is 6.30. The number of carbonyl (C=O) groups is 4. The minimum Gasteiger partial charge on any atom is -0.467 e. The largest absolute Gasteiger partial charge is 0.467 e. The number of benzene rings is 2. The molecular formula is C21H19NO5. The lowest BCUT2D eigenvalue weighted by molar-refractivity contribution is -0.145. The Morgan fingerprint density at radius 3 is 2.04 bits per heavy atom. The first-order chi connectivity index (χ1) is 13.0. The zero-order chi connectivity index (χ0) is 19.4. The Bertz CT molecular complexity index is 855. The smallest absolute Gasteiger partial charge is 0.329 e. The number of rotatable bonds is 7. The van der Waals surface area contributed by atoms with Gasteiger partial charge < -0.3 is 4.74 Å². The second kappa shape index (κ2) is 7.95. The average molecular weight is 365 g/mol. The molecule has 0 saturated carbocycles. The minimum atomic E-state index is -1.12. The first-order valence-corrected chi connectivity index (χ1v) is 8.63. The van der Waals surface area contributed by atoms with Crippen molar-refractivity contribution in [1.82, 2.24) is 4.90 Å². The van der Waals surface area contributed by atoms with Crippen LogP contribution in [-0.2, 0) is 20.7 Å².